The summed E-state index contributed by atoms with van der Waals surface area (Å²) >= 11 is 0. The number of benzene rings is 1. The molecule has 1 aliphatic carbocycles. The van der Waals surface area contributed by atoms with Crippen LogP contribution in [-0.2, 0) is 9.53 Å². The van der Waals surface area contributed by atoms with Gasteiger partial charge >= 0.3 is 0 Å². The number of carbonyl (C=O) groups excluding carboxylic acids is 1. The second kappa shape index (κ2) is 5.80. The van der Waals surface area contributed by atoms with E-state index in [0.717, 1.165) is 36.7 Å². The fourth-order valence-corrected chi connectivity index (χ4v) is 3.86. The monoisotopic (exact) mass is 317 g/mol. The number of ketones is 1. The Bertz CT molecular complexity index is 571. The van der Waals surface area contributed by atoms with Crippen LogP contribution in [0.3, 0.4) is 0 Å². The third kappa shape index (κ3) is 2.83. The van der Waals surface area contributed by atoms with Crippen LogP contribution in [0.2, 0.25) is 0 Å². The first-order valence-corrected chi connectivity index (χ1v) is 8.42. The van der Waals surface area contributed by atoms with Crippen molar-refractivity contribution in [1.82, 2.24) is 4.90 Å². The zero-order valence-corrected chi connectivity index (χ0v) is 13.5. The molecule has 124 valence electrons. The van der Waals surface area contributed by atoms with E-state index < -0.39 is 5.79 Å². The summed E-state index contributed by atoms with van der Waals surface area (Å²) in [6, 6.07) is 8.27. The Morgan fingerprint density at radius 2 is 1.83 bits per heavy atom. The van der Waals surface area contributed by atoms with Crippen molar-refractivity contribution >= 4 is 5.78 Å². The van der Waals surface area contributed by atoms with Gasteiger partial charge in [-0.25, -0.2) is 0 Å². The van der Waals surface area contributed by atoms with Crippen molar-refractivity contribution in [3.63, 3.8) is 0 Å². The molecule has 0 N–H and O–H groups in total. The number of likely N-dealkylation sites (tertiary alicyclic amines) is 1. The molecule has 5 heteroatoms. The molecule has 1 aromatic carbocycles. The van der Waals surface area contributed by atoms with Crippen LogP contribution in [0.25, 0.3) is 0 Å². The quantitative estimate of drug-likeness (QED) is 0.734. The second-order valence-electron chi connectivity index (χ2n) is 6.93. The Balaban J connectivity index is 0.000000118. The van der Waals surface area contributed by atoms with Gasteiger partial charge < -0.3 is 19.1 Å². The number of rotatable bonds is 0. The molecule has 1 spiro atoms. The summed E-state index contributed by atoms with van der Waals surface area (Å²) in [5.41, 5.74) is 0. The third-order valence-corrected chi connectivity index (χ3v) is 5.28. The Labute approximate surface area is 136 Å². The maximum absolute atomic E-state index is 11.1. The SMILES string of the molecule is CN1CCC2CCC(=O)CC21.c1ccc2c(c1)OC1(COC1)O2. The van der Waals surface area contributed by atoms with Gasteiger partial charge in [-0.15, -0.1) is 0 Å². The number of hydrogen-bond donors (Lipinski definition) is 0. The van der Waals surface area contributed by atoms with Crippen molar-refractivity contribution in [2.75, 3.05) is 26.8 Å². The van der Waals surface area contributed by atoms with Gasteiger partial charge in [-0.1, -0.05) is 12.1 Å². The number of Topliss-reactive ketones (excluding diaryl/α,β-unsaturated/α-hetero) is 1. The van der Waals surface area contributed by atoms with Crippen molar-refractivity contribution in [3.8, 4) is 11.5 Å². The molecule has 5 rings (SSSR count). The third-order valence-electron chi connectivity index (χ3n) is 5.28. The van der Waals surface area contributed by atoms with Gasteiger partial charge in [0.2, 0.25) is 0 Å². The highest BCUT2D eigenvalue weighted by Gasteiger charge is 2.48. The lowest BCUT2D eigenvalue weighted by Gasteiger charge is -2.34. The maximum Gasteiger partial charge on any atom is 0.298 e. The zero-order valence-electron chi connectivity index (χ0n) is 13.5. The van der Waals surface area contributed by atoms with Gasteiger partial charge in [-0.2, -0.15) is 0 Å². The van der Waals surface area contributed by atoms with Crippen LogP contribution in [0.1, 0.15) is 25.7 Å². The zero-order chi connectivity index (χ0) is 15.9. The van der Waals surface area contributed by atoms with E-state index in [1.54, 1.807) is 0 Å². The first-order chi connectivity index (χ1) is 11.2. The Morgan fingerprint density at radius 1 is 1.13 bits per heavy atom. The summed E-state index contributed by atoms with van der Waals surface area (Å²) in [4.78, 5) is 13.5. The molecule has 2 saturated heterocycles. The molecule has 2 unspecified atom stereocenters. The van der Waals surface area contributed by atoms with Gasteiger partial charge in [0.05, 0.1) is 0 Å². The standard InChI is InChI=1S/C9H15NO.C9H8O3/c1-10-5-4-7-2-3-8(11)6-9(7)10;1-2-4-8-7(3-1)11-9(12-8)5-10-6-9/h7,9H,2-6H2,1H3;1-4H,5-6H2. The Kier molecular flexibility index (Phi) is 3.77. The molecule has 1 aromatic rings. The van der Waals surface area contributed by atoms with Gasteiger partial charge in [-0.05, 0) is 44.5 Å². The fraction of sp³-hybridized carbons (Fsp3) is 0.611. The van der Waals surface area contributed by atoms with Crippen molar-refractivity contribution in [3.05, 3.63) is 24.3 Å². The average Bonchev–Trinajstić information content (AvgIpc) is 3.09. The molecule has 2 atom stereocenters. The molecular weight excluding hydrogens is 294 g/mol. The van der Waals surface area contributed by atoms with E-state index in [0.29, 0.717) is 25.0 Å². The lowest BCUT2D eigenvalue weighted by molar-refractivity contribution is -0.246. The molecule has 0 radical (unpaired) electrons. The van der Waals surface area contributed by atoms with Crippen LogP contribution in [0, 0.1) is 5.92 Å². The van der Waals surface area contributed by atoms with E-state index in [4.69, 9.17) is 14.2 Å². The van der Waals surface area contributed by atoms with Crippen LogP contribution in [0.4, 0.5) is 0 Å². The van der Waals surface area contributed by atoms with Crippen LogP contribution in [-0.4, -0.2) is 49.3 Å². The minimum Gasteiger partial charge on any atom is -0.444 e. The number of para-hydroxylation sites is 2. The lowest BCUT2D eigenvalue weighted by Crippen LogP contribution is -2.56. The van der Waals surface area contributed by atoms with Gasteiger partial charge in [0.1, 0.15) is 19.0 Å². The number of carbonyl (C=O) groups is 1. The first kappa shape index (κ1) is 15.0. The first-order valence-electron chi connectivity index (χ1n) is 8.42. The summed E-state index contributed by atoms with van der Waals surface area (Å²) in [6.45, 7) is 2.26. The van der Waals surface area contributed by atoms with E-state index in [1.165, 1.54) is 13.0 Å². The fourth-order valence-electron chi connectivity index (χ4n) is 3.86. The highest BCUT2D eigenvalue weighted by Crippen LogP contribution is 2.41. The van der Waals surface area contributed by atoms with Gasteiger partial charge in [0, 0.05) is 18.9 Å². The van der Waals surface area contributed by atoms with Gasteiger partial charge in [0.25, 0.3) is 5.79 Å². The van der Waals surface area contributed by atoms with E-state index in [9.17, 15) is 4.79 Å². The number of ether oxygens (including phenoxy) is 3. The van der Waals surface area contributed by atoms with Crippen molar-refractivity contribution in [1.29, 1.82) is 0 Å². The lowest BCUT2D eigenvalue weighted by atomic mass is 9.84. The number of fused-ring (bicyclic) bond motifs is 2. The predicted octanol–water partition coefficient (Wildman–Crippen LogP) is 2.24. The van der Waals surface area contributed by atoms with Crippen molar-refractivity contribution in [2.45, 2.75) is 37.5 Å². The molecule has 1 saturated carbocycles. The molecule has 3 aliphatic heterocycles. The van der Waals surface area contributed by atoms with Gasteiger partial charge in [0.15, 0.2) is 11.5 Å². The van der Waals surface area contributed by atoms with E-state index in [2.05, 4.69) is 11.9 Å². The highest BCUT2D eigenvalue weighted by molar-refractivity contribution is 5.80. The van der Waals surface area contributed by atoms with E-state index in [-0.39, 0.29) is 0 Å². The minimum atomic E-state index is -0.496. The summed E-state index contributed by atoms with van der Waals surface area (Å²) in [6.07, 6.45) is 4.12. The Morgan fingerprint density at radius 3 is 2.43 bits per heavy atom. The summed E-state index contributed by atoms with van der Waals surface area (Å²) < 4.78 is 16.2. The Hall–Kier alpha value is -1.59. The number of hydrogen-bond acceptors (Lipinski definition) is 5. The molecule has 0 bridgehead atoms. The minimum absolute atomic E-state index is 0.472. The highest BCUT2D eigenvalue weighted by atomic mass is 16.8. The van der Waals surface area contributed by atoms with Crippen molar-refractivity contribution < 1.29 is 19.0 Å². The van der Waals surface area contributed by atoms with Crippen LogP contribution < -0.4 is 9.47 Å². The molecule has 23 heavy (non-hydrogen) atoms. The normalized spacial score (nSPS) is 30.4. The average molecular weight is 317 g/mol. The maximum atomic E-state index is 11.1. The second-order valence-corrected chi connectivity index (χ2v) is 6.93. The molecule has 3 fully saturated rings. The molecule has 3 heterocycles. The van der Waals surface area contributed by atoms with Crippen LogP contribution in [0.15, 0.2) is 24.3 Å². The largest absolute Gasteiger partial charge is 0.444 e. The molecule has 0 aromatic heterocycles. The van der Waals surface area contributed by atoms with E-state index >= 15 is 0 Å². The molecular formula is C18H23NO4. The van der Waals surface area contributed by atoms with Gasteiger partial charge in [-0.3, -0.25) is 4.79 Å². The van der Waals surface area contributed by atoms with Crippen molar-refractivity contribution in [2.24, 2.45) is 5.92 Å². The number of nitrogens with zero attached hydrogens (tertiary/aromatic N) is 1. The van der Waals surface area contributed by atoms with Crippen LogP contribution in [0.5, 0.6) is 11.5 Å². The predicted molar refractivity (Wildman–Crippen MR) is 84.6 cm³/mol. The van der Waals surface area contributed by atoms with E-state index in [1.807, 2.05) is 24.3 Å². The summed E-state index contributed by atoms with van der Waals surface area (Å²) in [5.74, 6) is 2.45. The molecule has 0 amide bonds. The topological polar surface area (TPSA) is 48.0 Å². The van der Waals surface area contributed by atoms with Crippen LogP contribution >= 0.6 is 0 Å². The summed E-state index contributed by atoms with van der Waals surface area (Å²) in [7, 11) is 2.14. The molecule has 4 aliphatic rings. The molecule has 5 nitrogen and oxygen atoms in total. The smallest absolute Gasteiger partial charge is 0.298 e. The summed E-state index contributed by atoms with van der Waals surface area (Å²) in [5, 5.41) is 0.